The molecule has 7 rings (SSSR count). The summed E-state index contributed by atoms with van der Waals surface area (Å²) in [6.07, 6.45) is 5.00. The van der Waals surface area contributed by atoms with Crippen LogP contribution in [0.3, 0.4) is 0 Å². The number of carbonyl (C=O) groups is 12. The lowest BCUT2D eigenvalue weighted by Crippen LogP contribution is -2.71. The van der Waals surface area contributed by atoms with E-state index < -0.39 is 191 Å². The lowest BCUT2D eigenvalue weighted by molar-refractivity contribution is -0.182. The fraction of sp³-hybridized carbons (Fsp3) is 0.818. The van der Waals surface area contributed by atoms with Gasteiger partial charge in [0.15, 0.2) is 0 Å². The van der Waals surface area contributed by atoms with Gasteiger partial charge in [0.05, 0.1) is 38.1 Å². The summed E-state index contributed by atoms with van der Waals surface area (Å²) in [5.74, 6) is -10.9. The highest BCUT2D eigenvalue weighted by Gasteiger charge is 2.59. The van der Waals surface area contributed by atoms with Crippen LogP contribution in [-0.2, 0) is 67.0 Å². The number of likely N-dealkylation sites (N-methyl/N-ethyl adjacent to an activating group) is 7. The number of hydrogen-bond donors (Lipinski definition) is 3. The first-order valence-electron chi connectivity index (χ1n) is 39.1. The number of alkyl halides is 4. The molecule has 3 N–H and O–H groups in total. The highest BCUT2D eigenvalue weighted by Crippen LogP contribution is 2.50. The number of amides is 12. The molecule has 1 spiro atoms. The van der Waals surface area contributed by atoms with Crippen molar-refractivity contribution in [1.82, 2.24) is 60.0 Å². The minimum atomic E-state index is -4.53. The van der Waals surface area contributed by atoms with Gasteiger partial charge in [0, 0.05) is 94.5 Å². The van der Waals surface area contributed by atoms with Crippen molar-refractivity contribution in [3.63, 3.8) is 0 Å². The predicted molar refractivity (Wildman–Crippen MR) is 396 cm³/mol. The van der Waals surface area contributed by atoms with E-state index in [4.69, 9.17) is 21.1 Å². The summed E-state index contributed by atoms with van der Waals surface area (Å²) in [6, 6.07) is -10.5. The van der Waals surface area contributed by atoms with Crippen molar-refractivity contribution in [3.05, 3.63) is 12.2 Å². The molecule has 3 unspecified atom stereocenters. The van der Waals surface area contributed by atoms with Gasteiger partial charge in [-0.05, 0) is 125 Å². The molecule has 3 aliphatic heterocycles. The predicted octanol–water partition coefficient (Wildman–Crippen LogP) is 6.15. The van der Waals surface area contributed by atoms with Gasteiger partial charge >= 0.3 is 6.18 Å². The second-order valence-electron chi connectivity index (χ2n) is 33.0. The summed E-state index contributed by atoms with van der Waals surface area (Å²) in [5, 5.41) is 7.57. The van der Waals surface area contributed by atoms with Crippen molar-refractivity contribution in [2.75, 3.05) is 102 Å². The zero-order chi connectivity index (χ0) is 79.3. The Bertz CT molecular complexity index is 3180. The van der Waals surface area contributed by atoms with Crippen LogP contribution in [0.5, 0.6) is 0 Å². The molecule has 13 atom stereocenters. The second-order valence-corrected chi connectivity index (χ2v) is 33.6. The average Bonchev–Trinajstić information content (AvgIpc) is 1.58. The Labute approximate surface area is 636 Å². The van der Waals surface area contributed by atoms with Gasteiger partial charge in [0.25, 0.3) is 0 Å². The Hall–Kier alpha value is -6.62. The highest BCUT2D eigenvalue weighted by molar-refractivity contribution is 6.21. The number of rotatable bonds is 15. The van der Waals surface area contributed by atoms with Crippen molar-refractivity contribution in [1.29, 1.82) is 0 Å². The summed E-state index contributed by atoms with van der Waals surface area (Å²) < 4.78 is 54.6. The van der Waals surface area contributed by atoms with Crippen LogP contribution < -0.4 is 16.0 Å². The molecule has 0 aromatic rings. The zero-order valence-electron chi connectivity index (χ0n) is 66.2. The molecule has 0 radical (unpaired) electrons. The number of carbonyl (C=O) groups excluding carboxylic acids is 12. The first-order valence-corrected chi connectivity index (χ1v) is 39.6. The molecule has 26 nitrogen and oxygen atoms in total. The summed E-state index contributed by atoms with van der Waals surface area (Å²) in [5.41, 5.74) is -2.19. The number of nitrogens with zero attached hydrogens (tertiary/aromatic N) is 9. The normalized spacial score (nSPS) is 31.7. The smallest absolute Gasteiger partial charge is 0.379 e. The Kier molecular flexibility index (Phi) is 31.4. The average molecular weight is 1530 g/mol. The molecule has 30 heteroatoms. The maximum Gasteiger partial charge on any atom is 0.393 e. The first kappa shape index (κ1) is 87.6. The number of fused-ring (bicyclic) bond motifs is 3. The van der Waals surface area contributed by atoms with Crippen LogP contribution in [-0.4, -0.2) is 289 Å². The summed E-state index contributed by atoms with van der Waals surface area (Å²) >= 11 is 6.47. The van der Waals surface area contributed by atoms with Crippen LogP contribution in [0.4, 0.5) is 13.2 Å². The van der Waals surface area contributed by atoms with Gasteiger partial charge in [-0.15, -0.1) is 11.6 Å². The molecular formula is C77H124ClF3N12O14. The largest absolute Gasteiger partial charge is 0.393 e. The third-order valence-corrected chi connectivity index (χ3v) is 24.5. The molecule has 12 amide bonds. The van der Waals surface area contributed by atoms with E-state index >= 15 is 28.8 Å². The summed E-state index contributed by atoms with van der Waals surface area (Å²) in [4.78, 5) is 194. The maximum atomic E-state index is 15.8. The van der Waals surface area contributed by atoms with Gasteiger partial charge < -0.3 is 69.5 Å². The quantitative estimate of drug-likeness (QED) is 0.0943. The molecule has 0 aromatic heterocycles. The molecule has 4 aliphatic carbocycles. The summed E-state index contributed by atoms with van der Waals surface area (Å²) in [7, 11) is 11.4. The standard InChI is InChI=1S/C77H124ClF3N12O14/c1-16-36-106-44-60-66(97)83-64(48(5)17-2)72(103)87(11)43-63(96)88(12)56-26-20-19-23-35-92(71(56)102)59(38-50-29-27-47(4)28-30-50)70(101)86(10)42-61(94)82-55(34-32-49-31-33-53(54(78)37-49)77(79,80)81)68(99)93-41-52(107-18-3)39-57(93)67(98)84-76(45-75(6,7)46-76)74(105)91(15)65(51-24-21-22-25-51)73(104)90(14)58(69(100)85(8)9)40-62(95)89(60)13/h19-20,47-60,64-65H,16-18,21-46H2,1-15H3,(H,82,94)(H,83,97)(H,84,98)/b20-19-/t47?,48-,49?,50?,52+,53?,54?,55-,56-,57-,58-,59-,60-,64-,65-/m0/s1. The van der Waals surface area contributed by atoms with Crippen LogP contribution in [0, 0.1) is 40.9 Å². The number of nitrogens with one attached hydrogen (secondary N) is 3. The van der Waals surface area contributed by atoms with Crippen LogP contribution in [0.15, 0.2) is 12.2 Å². The summed E-state index contributed by atoms with van der Waals surface area (Å²) in [6.45, 7) is 11.9. The van der Waals surface area contributed by atoms with E-state index in [9.17, 15) is 41.9 Å². The topological polar surface area (TPSA) is 289 Å². The van der Waals surface area contributed by atoms with E-state index in [0.29, 0.717) is 50.9 Å². The van der Waals surface area contributed by atoms with Gasteiger partial charge in [0.1, 0.15) is 53.9 Å². The fourth-order valence-electron chi connectivity index (χ4n) is 17.5. The Morgan fingerprint density at radius 2 is 1.35 bits per heavy atom. The van der Waals surface area contributed by atoms with Crippen molar-refractivity contribution in [2.45, 2.75) is 261 Å². The van der Waals surface area contributed by atoms with E-state index in [-0.39, 0.29) is 103 Å². The van der Waals surface area contributed by atoms with Crippen LogP contribution in [0.2, 0.25) is 0 Å². The number of halogens is 4. The van der Waals surface area contributed by atoms with E-state index in [1.165, 1.54) is 85.8 Å². The van der Waals surface area contributed by atoms with Gasteiger partial charge in [-0.1, -0.05) is 98.6 Å². The van der Waals surface area contributed by atoms with Crippen molar-refractivity contribution in [3.8, 4) is 0 Å². The Balaban J connectivity index is 1.33. The molecule has 2 saturated heterocycles. The number of ether oxygens (including phenoxy) is 2. The third-order valence-electron chi connectivity index (χ3n) is 24.0. The minimum absolute atomic E-state index is 0.0128. The van der Waals surface area contributed by atoms with Crippen LogP contribution >= 0.6 is 11.6 Å². The zero-order valence-corrected chi connectivity index (χ0v) is 66.9. The Morgan fingerprint density at radius 1 is 0.701 bits per heavy atom. The van der Waals surface area contributed by atoms with E-state index in [0.717, 1.165) is 40.4 Å². The second kappa shape index (κ2) is 38.3. The molecule has 6 fully saturated rings. The molecule has 2 bridgehead atoms. The molecule has 604 valence electrons. The monoisotopic (exact) mass is 1530 g/mol. The van der Waals surface area contributed by atoms with Crippen molar-refractivity contribution < 1.29 is 80.2 Å². The van der Waals surface area contributed by atoms with E-state index in [1.807, 2.05) is 33.8 Å². The molecule has 0 aromatic carbocycles. The van der Waals surface area contributed by atoms with Crippen LogP contribution in [0.25, 0.3) is 0 Å². The molecule has 107 heavy (non-hydrogen) atoms. The van der Waals surface area contributed by atoms with Crippen molar-refractivity contribution >= 4 is 82.5 Å². The highest BCUT2D eigenvalue weighted by atomic mass is 35.5. The lowest BCUT2D eigenvalue weighted by atomic mass is 9.58. The molecule has 4 saturated carbocycles. The van der Waals surface area contributed by atoms with E-state index in [2.05, 4.69) is 22.9 Å². The first-order chi connectivity index (χ1) is 50.3. The minimum Gasteiger partial charge on any atom is -0.379 e. The van der Waals surface area contributed by atoms with Gasteiger partial charge in [-0.2, -0.15) is 13.2 Å². The fourth-order valence-corrected chi connectivity index (χ4v) is 18.1. The van der Waals surface area contributed by atoms with Crippen LogP contribution in [0.1, 0.15) is 190 Å². The molecule has 3 heterocycles. The molecular weight excluding hydrogens is 1410 g/mol. The molecule has 7 aliphatic rings. The van der Waals surface area contributed by atoms with Gasteiger partial charge in [0.2, 0.25) is 70.9 Å². The lowest BCUT2D eigenvalue weighted by Gasteiger charge is -2.54. The Morgan fingerprint density at radius 3 is 1.94 bits per heavy atom. The van der Waals surface area contributed by atoms with E-state index in [1.54, 1.807) is 19.9 Å². The van der Waals surface area contributed by atoms with Crippen molar-refractivity contribution in [2.24, 2.45) is 40.9 Å². The third kappa shape index (κ3) is 21.9. The SMILES string of the molecule is CCCOC[C@H]1C(=O)N[C@@H]([C@@H](C)CC)C(=O)N(C)CC(=O)N(C)[C@H]2C/C=C\CCN(C2=O)[C@@H](CC2CCC(C)CC2)C(=O)N(C)CC(=O)N[C@@H](CCC2CCC(C(F)(F)F)C(Cl)C2)C(=O)N2C[C@H](OCC)C[C@H]2C(=O)NC2(CC(C)(C)C2)C(=O)N(C)[C@@H](C2CCCC2)C(=O)N(C)[C@H](C(=O)N(C)C)CC(=O)N1C. The maximum absolute atomic E-state index is 15.8. The van der Waals surface area contributed by atoms with Gasteiger partial charge in [-0.3, -0.25) is 57.5 Å². The van der Waals surface area contributed by atoms with Gasteiger partial charge in [-0.25, -0.2) is 0 Å². The number of hydrogen-bond acceptors (Lipinski definition) is 14.